The summed E-state index contributed by atoms with van der Waals surface area (Å²) in [6.07, 6.45) is 9.29. The number of carboxylic acids is 1. The molecule has 2 amide bonds. The highest BCUT2D eigenvalue weighted by molar-refractivity contribution is 7.78. The highest BCUT2D eigenvalue weighted by Crippen LogP contribution is 2.44. The van der Waals surface area contributed by atoms with Crippen LogP contribution in [0.25, 0.3) is 0 Å². The van der Waals surface area contributed by atoms with Gasteiger partial charge in [0.25, 0.3) is 0 Å². The fourth-order valence-corrected chi connectivity index (χ4v) is 6.61. The predicted molar refractivity (Wildman–Crippen MR) is 154 cm³/mol. The van der Waals surface area contributed by atoms with E-state index in [0.29, 0.717) is 31.8 Å². The van der Waals surface area contributed by atoms with Gasteiger partial charge in [-0.2, -0.15) is 0 Å². The van der Waals surface area contributed by atoms with Crippen molar-refractivity contribution in [2.24, 2.45) is 18.4 Å². The first-order chi connectivity index (χ1) is 19.3. The first-order valence-corrected chi connectivity index (χ1v) is 14.5. The van der Waals surface area contributed by atoms with Crippen LogP contribution in [-0.2, 0) is 23.1 Å². The number of carbonyl (C=O) groups is 3. The minimum absolute atomic E-state index is 0.0977. The lowest BCUT2D eigenvalue weighted by molar-refractivity contribution is -0.158. The summed E-state index contributed by atoms with van der Waals surface area (Å²) in [5.41, 5.74) is 0.240. The number of thiol groups is 1. The Hall–Kier alpha value is -3.05. The number of ether oxygens (including phenoxy) is 1. The first kappa shape index (κ1) is 29.9. The molecule has 1 aliphatic heterocycles. The molecule has 1 saturated heterocycles. The summed E-state index contributed by atoms with van der Waals surface area (Å²) in [6, 6.07) is 5.97. The summed E-state index contributed by atoms with van der Waals surface area (Å²) in [4.78, 5) is 45.0. The zero-order valence-corrected chi connectivity index (χ0v) is 24.2. The van der Waals surface area contributed by atoms with Crippen LogP contribution in [-0.4, -0.2) is 69.5 Å². The standard InChI is InChI=1S/C29H41N5O5S/c1-33-19-31-18-22(33)12-15-32-28(38)34(40)25(26(35)29(27(36)37)13-16-30-17-14-29)24(20-6-4-3-5-7-20)21-8-10-23(39-2)11-9-21/h8-11,18-20,24-25,30,40H,3-7,12-17H2,1-2H3,(H,32,38)(H,36,37). The molecule has 218 valence electrons. The van der Waals surface area contributed by atoms with Crippen LogP contribution in [0.5, 0.6) is 5.75 Å². The molecule has 0 spiro atoms. The Labute approximate surface area is 241 Å². The second-order valence-electron chi connectivity index (χ2n) is 11.0. The number of nitrogens with one attached hydrogen (secondary N) is 2. The van der Waals surface area contributed by atoms with Gasteiger partial charge in [-0.3, -0.25) is 13.9 Å². The van der Waals surface area contributed by atoms with Crippen molar-refractivity contribution in [3.63, 3.8) is 0 Å². The Balaban J connectivity index is 1.71. The van der Waals surface area contributed by atoms with Gasteiger partial charge in [-0.25, -0.2) is 9.78 Å². The number of methoxy groups -OCH3 is 1. The minimum atomic E-state index is -1.59. The highest BCUT2D eigenvalue weighted by Gasteiger charge is 2.54. The minimum Gasteiger partial charge on any atom is -0.497 e. The lowest BCUT2D eigenvalue weighted by Crippen LogP contribution is -2.58. The van der Waals surface area contributed by atoms with Gasteiger partial charge in [0.2, 0.25) is 0 Å². The summed E-state index contributed by atoms with van der Waals surface area (Å²) in [5.74, 6) is -1.22. The zero-order valence-electron chi connectivity index (χ0n) is 23.3. The number of rotatable bonds is 11. The summed E-state index contributed by atoms with van der Waals surface area (Å²) < 4.78 is 8.42. The van der Waals surface area contributed by atoms with Gasteiger partial charge in [-0.1, -0.05) is 44.2 Å². The maximum atomic E-state index is 14.6. The van der Waals surface area contributed by atoms with E-state index in [2.05, 4.69) is 28.4 Å². The molecule has 1 aliphatic carbocycles. The van der Waals surface area contributed by atoms with E-state index in [9.17, 15) is 19.5 Å². The number of benzene rings is 1. The lowest BCUT2D eigenvalue weighted by Gasteiger charge is -2.43. The van der Waals surface area contributed by atoms with E-state index in [1.807, 2.05) is 35.9 Å². The molecule has 3 N–H and O–H groups in total. The normalized spacial score (nSPS) is 18.9. The van der Waals surface area contributed by atoms with Gasteiger partial charge in [0.1, 0.15) is 17.2 Å². The number of piperidine rings is 1. The molecular weight excluding hydrogens is 530 g/mol. The van der Waals surface area contributed by atoms with Crippen molar-refractivity contribution in [3.8, 4) is 5.75 Å². The molecular formula is C29H41N5O5S. The molecule has 2 unspecified atom stereocenters. The van der Waals surface area contributed by atoms with Gasteiger partial charge >= 0.3 is 12.0 Å². The van der Waals surface area contributed by atoms with Gasteiger partial charge < -0.3 is 25.0 Å². The molecule has 4 rings (SSSR count). The summed E-state index contributed by atoms with van der Waals surface area (Å²) in [5, 5.41) is 16.5. The number of Topliss-reactive ketones (excluding diaryl/α,β-unsaturated/α-hetero) is 1. The number of ketones is 1. The topological polar surface area (TPSA) is 126 Å². The number of carbonyl (C=O) groups excluding carboxylic acids is 2. The van der Waals surface area contributed by atoms with Gasteiger partial charge in [-0.15, -0.1) is 0 Å². The number of urea groups is 1. The molecule has 10 nitrogen and oxygen atoms in total. The molecule has 40 heavy (non-hydrogen) atoms. The lowest BCUT2D eigenvalue weighted by atomic mass is 9.66. The van der Waals surface area contributed by atoms with Crippen molar-refractivity contribution in [2.75, 3.05) is 26.7 Å². The molecule has 11 heteroatoms. The number of aryl methyl sites for hydroxylation is 1. The summed E-state index contributed by atoms with van der Waals surface area (Å²) in [7, 11) is 3.48. The molecule has 2 fully saturated rings. The molecule has 2 aromatic rings. The Morgan fingerprint density at radius 3 is 2.45 bits per heavy atom. The molecule has 2 atom stereocenters. The molecule has 2 heterocycles. The van der Waals surface area contributed by atoms with E-state index in [0.717, 1.165) is 43.4 Å². The Morgan fingerprint density at radius 2 is 1.88 bits per heavy atom. The number of amides is 2. The highest BCUT2D eigenvalue weighted by atomic mass is 32.1. The van der Waals surface area contributed by atoms with Crippen LogP contribution in [0, 0.1) is 11.3 Å². The largest absolute Gasteiger partial charge is 0.497 e. The van der Waals surface area contributed by atoms with Crippen LogP contribution in [0.4, 0.5) is 4.79 Å². The Bertz CT molecular complexity index is 1160. The molecule has 0 radical (unpaired) electrons. The smallest absolute Gasteiger partial charge is 0.327 e. The van der Waals surface area contributed by atoms with Crippen molar-refractivity contribution in [3.05, 3.63) is 48.0 Å². The molecule has 1 aromatic carbocycles. The van der Waals surface area contributed by atoms with Gasteiger partial charge in [0.05, 0.1) is 13.4 Å². The first-order valence-electron chi connectivity index (χ1n) is 14.1. The average Bonchev–Trinajstić information content (AvgIpc) is 3.40. The van der Waals surface area contributed by atoms with E-state index in [4.69, 9.17) is 4.74 Å². The SMILES string of the molecule is COc1ccc(C(C2CCCCC2)C(C(=O)C2(C(=O)O)CCNCC2)N(S)C(=O)NCCc2cncn2C)cc1. The van der Waals surface area contributed by atoms with Crippen LogP contribution < -0.4 is 15.4 Å². The molecule has 1 aromatic heterocycles. The van der Waals surface area contributed by atoms with Crippen LogP contribution in [0.15, 0.2) is 36.8 Å². The van der Waals surface area contributed by atoms with Crippen LogP contribution in [0.3, 0.4) is 0 Å². The third kappa shape index (κ3) is 6.46. The number of hydrogen-bond acceptors (Lipinski definition) is 7. The molecule has 2 aliphatic rings. The zero-order chi connectivity index (χ0) is 28.7. The fraction of sp³-hybridized carbons (Fsp3) is 0.586. The predicted octanol–water partition coefficient (Wildman–Crippen LogP) is 3.58. The van der Waals surface area contributed by atoms with Crippen molar-refractivity contribution in [1.82, 2.24) is 24.5 Å². The van der Waals surface area contributed by atoms with E-state index in [1.54, 1.807) is 19.6 Å². The summed E-state index contributed by atoms with van der Waals surface area (Å²) >= 11 is 4.65. The summed E-state index contributed by atoms with van der Waals surface area (Å²) in [6.45, 7) is 1.16. The second kappa shape index (κ2) is 13.5. The maximum Gasteiger partial charge on any atom is 0.327 e. The fourth-order valence-electron chi connectivity index (χ4n) is 6.29. The van der Waals surface area contributed by atoms with Gasteiger partial charge in [-0.05, 0) is 62.4 Å². The van der Waals surface area contributed by atoms with Crippen molar-refractivity contribution >= 4 is 30.6 Å². The van der Waals surface area contributed by atoms with E-state index in [1.165, 1.54) is 4.31 Å². The molecule has 0 bridgehead atoms. The number of hydrogen-bond donors (Lipinski definition) is 4. The van der Waals surface area contributed by atoms with Gasteiger partial charge in [0, 0.05) is 37.8 Å². The number of aliphatic carboxylic acids is 1. The van der Waals surface area contributed by atoms with Crippen molar-refractivity contribution < 1.29 is 24.2 Å². The number of aromatic nitrogens is 2. The van der Waals surface area contributed by atoms with E-state index in [-0.39, 0.29) is 18.8 Å². The molecule has 1 saturated carbocycles. The van der Waals surface area contributed by atoms with E-state index < -0.39 is 35.2 Å². The maximum absolute atomic E-state index is 14.6. The van der Waals surface area contributed by atoms with Crippen molar-refractivity contribution in [2.45, 2.75) is 63.3 Å². The Morgan fingerprint density at radius 1 is 1.20 bits per heavy atom. The van der Waals surface area contributed by atoms with Crippen LogP contribution >= 0.6 is 12.8 Å². The van der Waals surface area contributed by atoms with Crippen LogP contribution in [0.1, 0.15) is 62.1 Å². The second-order valence-corrected chi connectivity index (χ2v) is 11.4. The average molecular weight is 572 g/mol. The third-order valence-electron chi connectivity index (χ3n) is 8.65. The number of carboxylic acid groups (broad SMARTS) is 1. The monoisotopic (exact) mass is 571 g/mol. The van der Waals surface area contributed by atoms with Crippen molar-refractivity contribution in [1.29, 1.82) is 0 Å². The Kier molecular flexibility index (Phi) is 10.1. The number of imidazole rings is 1. The number of nitrogens with zero attached hydrogens (tertiary/aromatic N) is 3. The van der Waals surface area contributed by atoms with Crippen LogP contribution in [0.2, 0.25) is 0 Å². The third-order valence-corrected chi connectivity index (χ3v) is 9.08. The van der Waals surface area contributed by atoms with Gasteiger partial charge in [0.15, 0.2) is 5.78 Å². The van der Waals surface area contributed by atoms with E-state index >= 15 is 0 Å². The quantitative estimate of drug-likeness (QED) is 0.240.